The summed E-state index contributed by atoms with van der Waals surface area (Å²) in [5, 5.41) is 0. The molecule has 2 aliphatic rings. The third-order valence-electron chi connectivity index (χ3n) is 5.38. The van der Waals surface area contributed by atoms with Crippen LogP contribution in [0.25, 0.3) is 0 Å². The Labute approximate surface area is 160 Å². The first-order valence-electron chi connectivity index (χ1n) is 9.43. The van der Waals surface area contributed by atoms with Crippen LogP contribution < -0.4 is 9.47 Å². The standard InChI is InChI=1S/C20H28N2O5/c1-14-17(25-2)11-16(12-18(14)26-3)20(24)22-6-4-5-15(13-22)19(23)21-7-9-27-10-8-21/h11-12,15H,4-10,13H2,1-3H3. The van der Waals surface area contributed by atoms with E-state index < -0.39 is 0 Å². The van der Waals surface area contributed by atoms with E-state index >= 15 is 0 Å². The second-order valence-electron chi connectivity index (χ2n) is 7.03. The number of benzene rings is 1. The second kappa shape index (κ2) is 8.61. The van der Waals surface area contributed by atoms with E-state index in [0.717, 1.165) is 18.4 Å². The minimum atomic E-state index is -0.143. The molecular formula is C20H28N2O5. The fourth-order valence-corrected chi connectivity index (χ4v) is 3.80. The number of methoxy groups -OCH3 is 2. The Balaban J connectivity index is 1.74. The van der Waals surface area contributed by atoms with Crippen LogP contribution in [-0.2, 0) is 9.53 Å². The quantitative estimate of drug-likeness (QED) is 0.800. The average Bonchev–Trinajstić information content (AvgIpc) is 2.73. The van der Waals surface area contributed by atoms with Crippen molar-refractivity contribution in [3.63, 3.8) is 0 Å². The van der Waals surface area contributed by atoms with Crippen molar-refractivity contribution in [3.8, 4) is 11.5 Å². The highest BCUT2D eigenvalue weighted by atomic mass is 16.5. The molecule has 0 saturated carbocycles. The number of amides is 2. The molecule has 1 aromatic carbocycles. The number of morpholine rings is 1. The van der Waals surface area contributed by atoms with Crippen LogP contribution in [0.1, 0.15) is 28.8 Å². The number of nitrogens with zero attached hydrogens (tertiary/aromatic N) is 2. The van der Waals surface area contributed by atoms with Crippen LogP contribution >= 0.6 is 0 Å². The molecule has 2 saturated heterocycles. The van der Waals surface area contributed by atoms with Crippen LogP contribution in [0.4, 0.5) is 0 Å². The van der Waals surface area contributed by atoms with Crippen LogP contribution in [0.2, 0.25) is 0 Å². The predicted octanol–water partition coefficient (Wildman–Crippen LogP) is 1.72. The zero-order valence-electron chi connectivity index (χ0n) is 16.3. The van der Waals surface area contributed by atoms with Gasteiger partial charge in [0.1, 0.15) is 11.5 Å². The van der Waals surface area contributed by atoms with Gasteiger partial charge in [-0.25, -0.2) is 0 Å². The summed E-state index contributed by atoms with van der Waals surface area (Å²) in [5.74, 6) is 1.14. The molecule has 0 bridgehead atoms. The minimum Gasteiger partial charge on any atom is -0.496 e. The maximum atomic E-state index is 13.1. The lowest BCUT2D eigenvalue weighted by Gasteiger charge is -2.36. The molecule has 2 fully saturated rings. The van der Waals surface area contributed by atoms with Crippen molar-refractivity contribution in [1.82, 2.24) is 9.80 Å². The lowest BCUT2D eigenvalue weighted by molar-refractivity contribution is -0.141. The summed E-state index contributed by atoms with van der Waals surface area (Å²) < 4.78 is 16.1. The van der Waals surface area contributed by atoms with Crippen molar-refractivity contribution in [1.29, 1.82) is 0 Å². The van der Waals surface area contributed by atoms with Gasteiger partial charge >= 0.3 is 0 Å². The van der Waals surface area contributed by atoms with Gasteiger partial charge < -0.3 is 24.0 Å². The Morgan fingerprint density at radius 1 is 1.04 bits per heavy atom. The van der Waals surface area contributed by atoms with Crippen LogP contribution in [0.15, 0.2) is 12.1 Å². The number of piperidine rings is 1. The molecule has 0 radical (unpaired) electrons. The molecule has 7 heteroatoms. The van der Waals surface area contributed by atoms with Crippen LogP contribution in [0, 0.1) is 12.8 Å². The van der Waals surface area contributed by atoms with Gasteiger partial charge in [-0.15, -0.1) is 0 Å². The average molecular weight is 376 g/mol. The highest BCUT2D eigenvalue weighted by Gasteiger charge is 2.32. The van der Waals surface area contributed by atoms with Gasteiger partial charge in [0.15, 0.2) is 0 Å². The van der Waals surface area contributed by atoms with Gasteiger partial charge in [-0.1, -0.05) is 0 Å². The molecule has 1 unspecified atom stereocenters. The number of carbonyl (C=O) groups excluding carboxylic acids is 2. The zero-order chi connectivity index (χ0) is 19.4. The third kappa shape index (κ3) is 4.18. The monoisotopic (exact) mass is 376 g/mol. The van der Waals surface area contributed by atoms with E-state index in [2.05, 4.69) is 0 Å². The maximum Gasteiger partial charge on any atom is 0.254 e. The summed E-state index contributed by atoms with van der Waals surface area (Å²) in [6.07, 6.45) is 1.65. The molecule has 7 nitrogen and oxygen atoms in total. The lowest BCUT2D eigenvalue weighted by Crippen LogP contribution is -2.49. The molecule has 0 N–H and O–H groups in total. The van der Waals surface area contributed by atoms with E-state index in [1.807, 2.05) is 11.8 Å². The van der Waals surface area contributed by atoms with Crippen LogP contribution in [0.5, 0.6) is 11.5 Å². The number of carbonyl (C=O) groups is 2. The topological polar surface area (TPSA) is 68.3 Å². The number of likely N-dealkylation sites (tertiary alicyclic amines) is 1. The second-order valence-corrected chi connectivity index (χ2v) is 7.03. The molecule has 0 aliphatic carbocycles. The molecule has 3 rings (SSSR count). The molecule has 2 aliphatic heterocycles. The van der Waals surface area contributed by atoms with E-state index in [9.17, 15) is 9.59 Å². The first-order valence-corrected chi connectivity index (χ1v) is 9.43. The number of hydrogen-bond donors (Lipinski definition) is 0. The molecule has 1 aromatic rings. The normalized spacial score (nSPS) is 20.3. The van der Waals surface area contributed by atoms with Gasteiger partial charge in [0.2, 0.25) is 5.91 Å². The number of rotatable bonds is 4. The van der Waals surface area contributed by atoms with Gasteiger partial charge in [-0.05, 0) is 31.9 Å². The van der Waals surface area contributed by atoms with Gasteiger partial charge in [0.05, 0.1) is 33.4 Å². The first-order chi connectivity index (χ1) is 13.0. The van der Waals surface area contributed by atoms with E-state index in [4.69, 9.17) is 14.2 Å². The molecule has 2 heterocycles. The Morgan fingerprint density at radius 2 is 1.67 bits per heavy atom. The predicted molar refractivity (Wildman–Crippen MR) is 100 cm³/mol. The van der Waals surface area contributed by atoms with Gasteiger partial charge in [0.25, 0.3) is 5.91 Å². The van der Waals surface area contributed by atoms with E-state index in [1.54, 1.807) is 31.3 Å². The largest absolute Gasteiger partial charge is 0.496 e. The smallest absolute Gasteiger partial charge is 0.254 e. The fraction of sp³-hybridized carbons (Fsp3) is 0.600. The van der Waals surface area contributed by atoms with Crippen molar-refractivity contribution in [2.45, 2.75) is 19.8 Å². The van der Waals surface area contributed by atoms with Crippen molar-refractivity contribution < 1.29 is 23.8 Å². The Hall–Kier alpha value is -2.28. The molecule has 148 valence electrons. The number of ether oxygens (including phenoxy) is 3. The Kier molecular flexibility index (Phi) is 6.21. The summed E-state index contributed by atoms with van der Waals surface area (Å²) in [6, 6.07) is 3.49. The van der Waals surface area contributed by atoms with E-state index in [1.165, 1.54) is 0 Å². The highest BCUT2D eigenvalue weighted by Crippen LogP contribution is 2.31. The van der Waals surface area contributed by atoms with Crippen molar-refractivity contribution in [2.24, 2.45) is 5.92 Å². The summed E-state index contributed by atoms with van der Waals surface area (Å²) in [5.41, 5.74) is 1.38. The molecule has 2 amide bonds. The highest BCUT2D eigenvalue weighted by molar-refractivity contribution is 5.96. The van der Waals surface area contributed by atoms with Crippen molar-refractivity contribution >= 4 is 11.8 Å². The fourth-order valence-electron chi connectivity index (χ4n) is 3.80. The molecular weight excluding hydrogens is 348 g/mol. The summed E-state index contributed by atoms with van der Waals surface area (Å²) >= 11 is 0. The van der Waals surface area contributed by atoms with Crippen LogP contribution in [-0.4, -0.2) is 75.2 Å². The van der Waals surface area contributed by atoms with Crippen molar-refractivity contribution in [3.05, 3.63) is 23.3 Å². The molecule has 0 aromatic heterocycles. The van der Waals surface area contributed by atoms with Crippen LogP contribution in [0.3, 0.4) is 0 Å². The van der Waals surface area contributed by atoms with E-state index in [0.29, 0.717) is 56.5 Å². The summed E-state index contributed by atoms with van der Waals surface area (Å²) in [4.78, 5) is 29.5. The summed E-state index contributed by atoms with van der Waals surface area (Å²) in [6.45, 7) is 5.45. The Bertz CT molecular complexity index is 675. The van der Waals surface area contributed by atoms with Crippen molar-refractivity contribution in [2.75, 3.05) is 53.6 Å². The molecule has 1 atom stereocenters. The van der Waals surface area contributed by atoms with Gasteiger partial charge in [-0.2, -0.15) is 0 Å². The molecule has 27 heavy (non-hydrogen) atoms. The zero-order valence-corrected chi connectivity index (χ0v) is 16.3. The van der Waals surface area contributed by atoms with Gasteiger partial charge in [0, 0.05) is 37.3 Å². The lowest BCUT2D eigenvalue weighted by atomic mass is 9.95. The van der Waals surface area contributed by atoms with E-state index in [-0.39, 0.29) is 17.7 Å². The van der Waals surface area contributed by atoms with Gasteiger partial charge in [-0.3, -0.25) is 9.59 Å². The SMILES string of the molecule is COc1cc(C(=O)N2CCCC(C(=O)N3CCOCC3)C2)cc(OC)c1C. The maximum absolute atomic E-state index is 13.1. The summed E-state index contributed by atoms with van der Waals surface area (Å²) in [7, 11) is 3.15. The Morgan fingerprint density at radius 3 is 2.26 bits per heavy atom. The minimum absolute atomic E-state index is 0.0916. The molecule has 0 spiro atoms. The number of hydrogen-bond acceptors (Lipinski definition) is 5. The third-order valence-corrected chi connectivity index (χ3v) is 5.38. The first kappa shape index (κ1) is 19.5.